The summed E-state index contributed by atoms with van der Waals surface area (Å²) in [5, 5.41) is 3.86. The van der Waals surface area contributed by atoms with Gasteiger partial charge >= 0.3 is 0 Å². The Bertz CT molecular complexity index is 1540. The largest absolute Gasteiger partial charge is 0.493 e. The molecule has 0 heterocycles. The van der Waals surface area contributed by atoms with Gasteiger partial charge in [-0.15, -0.1) is 0 Å². The first-order valence-electron chi connectivity index (χ1n) is 13.5. The molecule has 232 valence electrons. The average Bonchev–Trinajstić information content (AvgIpc) is 3.00. The molecule has 43 heavy (non-hydrogen) atoms. The number of halogens is 3. The molecule has 0 aromatic heterocycles. The summed E-state index contributed by atoms with van der Waals surface area (Å²) in [6.07, 6.45) is 0.989. The van der Waals surface area contributed by atoms with Crippen LogP contribution in [0.1, 0.15) is 32.3 Å². The lowest BCUT2D eigenvalue weighted by molar-refractivity contribution is -0.140. The highest BCUT2D eigenvalue weighted by Crippen LogP contribution is 2.33. The first-order chi connectivity index (χ1) is 20.5. The third-order valence-electron chi connectivity index (χ3n) is 6.61. The van der Waals surface area contributed by atoms with Crippen molar-refractivity contribution in [1.29, 1.82) is 0 Å². The van der Waals surface area contributed by atoms with Crippen molar-refractivity contribution in [2.75, 3.05) is 31.6 Å². The third kappa shape index (κ3) is 8.47. The predicted octanol–water partition coefficient (Wildman–Crippen LogP) is 6.19. The van der Waals surface area contributed by atoms with Crippen molar-refractivity contribution in [3.8, 4) is 11.5 Å². The van der Waals surface area contributed by atoms with Gasteiger partial charge in [-0.25, -0.2) is 8.42 Å². The molecule has 1 N–H and O–H groups in total. The van der Waals surface area contributed by atoms with Gasteiger partial charge in [0.15, 0.2) is 11.5 Å². The first kappa shape index (κ1) is 34.3. The molecule has 0 bridgehead atoms. The van der Waals surface area contributed by atoms with Gasteiger partial charge in [0.2, 0.25) is 11.8 Å². The van der Waals surface area contributed by atoms with Crippen LogP contribution >= 0.6 is 34.8 Å². The van der Waals surface area contributed by atoms with Gasteiger partial charge in [0.25, 0.3) is 10.0 Å². The number of hydrogen-bond acceptors (Lipinski definition) is 6. The van der Waals surface area contributed by atoms with E-state index in [9.17, 15) is 18.0 Å². The van der Waals surface area contributed by atoms with E-state index in [0.29, 0.717) is 34.3 Å². The van der Waals surface area contributed by atoms with Crippen LogP contribution in [0.15, 0.2) is 65.6 Å². The van der Waals surface area contributed by atoms with E-state index in [1.54, 1.807) is 25.1 Å². The van der Waals surface area contributed by atoms with E-state index in [2.05, 4.69) is 5.32 Å². The molecule has 0 aliphatic carbocycles. The lowest BCUT2D eigenvalue weighted by atomic mass is 10.1. The van der Waals surface area contributed by atoms with Gasteiger partial charge in [0, 0.05) is 24.2 Å². The van der Waals surface area contributed by atoms with Crippen LogP contribution < -0.4 is 19.1 Å². The molecule has 9 nitrogen and oxygen atoms in total. The summed E-state index contributed by atoms with van der Waals surface area (Å²) < 4.78 is 39.8. The van der Waals surface area contributed by atoms with Crippen molar-refractivity contribution in [2.45, 2.75) is 44.2 Å². The minimum absolute atomic E-state index is 0.0152. The van der Waals surface area contributed by atoms with Crippen molar-refractivity contribution in [1.82, 2.24) is 10.2 Å². The van der Waals surface area contributed by atoms with E-state index >= 15 is 0 Å². The fourth-order valence-electron chi connectivity index (χ4n) is 4.36. The molecule has 13 heteroatoms. The maximum absolute atomic E-state index is 14.1. The summed E-state index contributed by atoms with van der Waals surface area (Å²) >= 11 is 18.4. The highest BCUT2D eigenvalue weighted by molar-refractivity contribution is 7.92. The quantitative estimate of drug-likeness (QED) is 0.219. The zero-order chi connectivity index (χ0) is 31.7. The van der Waals surface area contributed by atoms with Crippen LogP contribution in [-0.4, -0.2) is 58.5 Å². The molecule has 3 rings (SSSR count). The first-order valence-corrected chi connectivity index (χ1v) is 16.1. The molecule has 0 fully saturated rings. The Morgan fingerprint density at radius 3 is 2.14 bits per heavy atom. The second-order valence-electron chi connectivity index (χ2n) is 9.49. The Kier molecular flexibility index (Phi) is 12.4. The molecule has 0 radical (unpaired) electrons. The van der Waals surface area contributed by atoms with Crippen LogP contribution in [-0.2, 0) is 26.2 Å². The number of nitrogens with zero attached hydrogens (tertiary/aromatic N) is 2. The summed E-state index contributed by atoms with van der Waals surface area (Å²) in [4.78, 5) is 28.6. The van der Waals surface area contributed by atoms with Crippen LogP contribution in [0.5, 0.6) is 11.5 Å². The normalized spacial score (nSPS) is 11.9. The van der Waals surface area contributed by atoms with E-state index in [1.807, 2.05) is 6.92 Å². The van der Waals surface area contributed by atoms with Gasteiger partial charge in [-0.1, -0.05) is 54.7 Å². The smallest absolute Gasteiger partial charge is 0.264 e. The Hall–Kier alpha value is -3.18. The van der Waals surface area contributed by atoms with Crippen molar-refractivity contribution in [3.63, 3.8) is 0 Å². The molecule has 1 atom stereocenters. The number of methoxy groups -OCH3 is 2. The number of carbonyl (C=O) groups excluding carboxylic acids is 2. The van der Waals surface area contributed by atoms with E-state index < -0.39 is 28.5 Å². The highest BCUT2D eigenvalue weighted by Gasteiger charge is 2.34. The molecular weight excluding hydrogens is 637 g/mol. The zero-order valence-corrected chi connectivity index (χ0v) is 27.4. The van der Waals surface area contributed by atoms with Crippen molar-refractivity contribution in [3.05, 3.63) is 81.3 Å². The SMILES string of the molecule is CCCNC(=O)C(CC)N(Cc1ccc(Cl)c(Cl)c1)C(=O)CN(c1ccc(Cl)cc1)S(=O)(=O)c1ccc(OC)c(OC)c1. The lowest BCUT2D eigenvalue weighted by Gasteiger charge is -2.33. The number of amides is 2. The number of carbonyl (C=O) groups is 2. The number of anilines is 1. The Labute approximate surface area is 267 Å². The number of rotatable bonds is 14. The fraction of sp³-hybridized carbons (Fsp3) is 0.333. The molecule has 3 aromatic rings. The van der Waals surface area contributed by atoms with Crippen LogP contribution in [0.2, 0.25) is 15.1 Å². The van der Waals surface area contributed by atoms with Gasteiger partial charge in [-0.05, 0) is 66.9 Å². The van der Waals surface area contributed by atoms with Gasteiger partial charge in [-0.3, -0.25) is 13.9 Å². The number of nitrogens with one attached hydrogen (secondary N) is 1. The minimum Gasteiger partial charge on any atom is -0.493 e. The summed E-state index contributed by atoms with van der Waals surface area (Å²) in [5.41, 5.74) is 0.816. The molecule has 1 unspecified atom stereocenters. The molecule has 0 aliphatic heterocycles. The standard InChI is InChI=1S/C30H34Cl3N3O6S/c1-5-15-34-30(38)26(6-2)35(18-20-7-13-24(32)25(33)16-20)29(37)19-36(22-10-8-21(31)9-11-22)43(39,40)23-12-14-27(41-3)28(17-23)42-4/h7-14,16-17,26H,5-6,15,18-19H2,1-4H3,(H,34,38). The van der Waals surface area contributed by atoms with Crippen molar-refractivity contribution < 1.29 is 27.5 Å². The summed E-state index contributed by atoms with van der Waals surface area (Å²) in [6.45, 7) is 3.50. The van der Waals surface area contributed by atoms with Crippen LogP contribution in [0.4, 0.5) is 5.69 Å². The van der Waals surface area contributed by atoms with Crippen molar-refractivity contribution in [2.24, 2.45) is 0 Å². The van der Waals surface area contributed by atoms with E-state index in [4.69, 9.17) is 44.3 Å². The van der Waals surface area contributed by atoms with Gasteiger partial charge in [0.1, 0.15) is 12.6 Å². The number of sulfonamides is 1. The number of ether oxygens (including phenoxy) is 2. The average molecular weight is 671 g/mol. The van der Waals surface area contributed by atoms with Gasteiger partial charge < -0.3 is 19.7 Å². The number of benzene rings is 3. The van der Waals surface area contributed by atoms with Gasteiger partial charge in [0.05, 0.1) is 34.8 Å². The van der Waals surface area contributed by atoms with Gasteiger partial charge in [-0.2, -0.15) is 0 Å². The van der Waals surface area contributed by atoms with E-state index in [1.165, 1.54) is 61.6 Å². The highest BCUT2D eigenvalue weighted by atomic mass is 35.5. The zero-order valence-electron chi connectivity index (χ0n) is 24.3. The molecule has 0 saturated carbocycles. The third-order valence-corrected chi connectivity index (χ3v) is 9.37. The molecule has 2 amide bonds. The maximum Gasteiger partial charge on any atom is 0.264 e. The van der Waals surface area contributed by atoms with Crippen molar-refractivity contribution >= 4 is 62.3 Å². The summed E-state index contributed by atoms with van der Waals surface area (Å²) in [5.74, 6) is -0.416. The Morgan fingerprint density at radius 2 is 1.56 bits per heavy atom. The monoisotopic (exact) mass is 669 g/mol. The molecule has 0 aliphatic rings. The van der Waals surface area contributed by atoms with Crippen LogP contribution in [0, 0.1) is 0 Å². The lowest BCUT2D eigenvalue weighted by Crippen LogP contribution is -2.52. The van der Waals surface area contributed by atoms with E-state index in [-0.39, 0.29) is 40.2 Å². The van der Waals surface area contributed by atoms with Crippen LogP contribution in [0.25, 0.3) is 0 Å². The summed E-state index contributed by atoms with van der Waals surface area (Å²) in [7, 11) is -1.51. The Balaban J connectivity index is 2.10. The summed E-state index contributed by atoms with van der Waals surface area (Å²) in [6, 6.07) is 14.2. The second kappa shape index (κ2) is 15.5. The fourth-order valence-corrected chi connectivity index (χ4v) is 6.24. The maximum atomic E-state index is 14.1. The second-order valence-corrected chi connectivity index (χ2v) is 12.6. The minimum atomic E-state index is -4.34. The molecule has 0 spiro atoms. The van der Waals surface area contributed by atoms with Crippen LogP contribution in [0.3, 0.4) is 0 Å². The predicted molar refractivity (Wildman–Crippen MR) is 170 cm³/mol. The van der Waals surface area contributed by atoms with E-state index in [0.717, 1.165) is 4.31 Å². The number of hydrogen-bond donors (Lipinski definition) is 1. The Morgan fingerprint density at radius 1 is 0.884 bits per heavy atom. The molecular formula is C30H34Cl3N3O6S. The molecule has 0 saturated heterocycles. The molecule has 3 aromatic carbocycles. The topological polar surface area (TPSA) is 105 Å².